The molecule has 0 radical (unpaired) electrons. The maximum absolute atomic E-state index is 4.42. The largest absolute Gasteiger partial charge is 0.354 e. The Morgan fingerprint density at radius 3 is 2.21 bits per heavy atom. The third-order valence-corrected chi connectivity index (χ3v) is 2.91. The summed E-state index contributed by atoms with van der Waals surface area (Å²) in [6.07, 6.45) is 1.04. The van der Waals surface area contributed by atoms with Gasteiger partial charge in [-0.2, -0.15) is 15.0 Å². The van der Waals surface area contributed by atoms with Crippen LogP contribution in [0.5, 0.6) is 0 Å². The van der Waals surface area contributed by atoms with Gasteiger partial charge < -0.3 is 15.5 Å². The standard InChI is InChI=1S/C13H26N6/c1-7-8-14-11-16-12(15-10(4)9(2)3)18-13(17-11)19(5)6/h9-10H,7-8H2,1-6H3,(H2,14,15,16,17,18). The van der Waals surface area contributed by atoms with Crippen LogP contribution in [-0.2, 0) is 0 Å². The minimum atomic E-state index is 0.316. The van der Waals surface area contributed by atoms with Crippen LogP contribution in [0.1, 0.15) is 34.1 Å². The van der Waals surface area contributed by atoms with E-state index in [1.54, 1.807) is 0 Å². The van der Waals surface area contributed by atoms with Crippen molar-refractivity contribution in [3.05, 3.63) is 0 Å². The van der Waals surface area contributed by atoms with Crippen molar-refractivity contribution in [3.8, 4) is 0 Å². The van der Waals surface area contributed by atoms with Gasteiger partial charge in [-0.3, -0.25) is 0 Å². The van der Waals surface area contributed by atoms with Crippen LogP contribution in [0.25, 0.3) is 0 Å². The lowest BCUT2D eigenvalue weighted by Crippen LogP contribution is -2.24. The molecule has 0 amide bonds. The van der Waals surface area contributed by atoms with E-state index in [0.29, 0.717) is 29.8 Å². The van der Waals surface area contributed by atoms with Gasteiger partial charge in [-0.1, -0.05) is 20.8 Å². The number of nitrogens with one attached hydrogen (secondary N) is 2. The fraction of sp³-hybridized carbons (Fsp3) is 0.769. The first kappa shape index (κ1) is 15.5. The van der Waals surface area contributed by atoms with E-state index < -0.39 is 0 Å². The molecule has 0 saturated heterocycles. The topological polar surface area (TPSA) is 66.0 Å². The third-order valence-electron chi connectivity index (χ3n) is 2.91. The van der Waals surface area contributed by atoms with Crippen LogP contribution >= 0.6 is 0 Å². The summed E-state index contributed by atoms with van der Waals surface area (Å²) in [6.45, 7) is 9.43. The molecule has 0 spiro atoms. The molecule has 0 aliphatic heterocycles. The summed E-state index contributed by atoms with van der Waals surface area (Å²) in [5.41, 5.74) is 0. The van der Waals surface area contributed by atoms with E-state index in [2.05, 4.69) is 53.3 Å². The van der Waals surface area contributed by atoms with Crippen molar-refractivity contribution in [2.45, 2.75) is 40.2 Å². The quantitative estimate of drug-likeness (QED) is 0.789. The normalized spacial score (nSPS) is 12.4. The van der Waals surface area contributed by atoms with Gasteiger partial charge in [0.1, 0.15) is 0 Å². The van der Waals surface area contributed by atoms with Gasteiger partial charge in [-0.05, 0) is 19.3 Å². The van der Waals surface area contributed by atoms with Crippen molar-refractivity contribution in [2.24, 2.45) is 5.92 Å². The van der Waals surface area contributed by atoms with E-state index in [1.807, 2.05) is 19.0 Å². The Labute approximate surface area is 116 Å². The van der Waals surface area contributed by atoms with Gasteiger partial charge in [-0.15, -0.1) is 0 Å². The lowest BCUT2D eigenvalue weighted by Gasteiger charge is -2.19. The minimum Gasteiger partial charge on any atom is -0.354 e. The van der Waals surface area contributed by atoms with E-state index in [-0.39, 0.29) is 0 Å². The predicted octanol–water partition coefficient (Wildman–Crippen LogP) is 2.22. The molecule has 6 nitrogen and oxygen atoms in total. The first-order chi connectivity index (χ1) is 8.93. The summed E-state index contributed by atoms with van der Waals surface area (Å²) >= 11 is 0. The van der Waals surface area contributed by atoms with Crippen molar-refractivity contribution < 1.29 is 0 Å². The molecule has 1 rings (SSSR count). The summed E-state index contributed by atoms with van der Waals surface area (Å²) in [5, 5.41) is 6.53. The Morgan fingerprint density at radius 2 is 1.68 bits per heavy atom. The zero-order chi connectivity index (χ0) is 14.4. The van der Waals surface area contributed by atoms with Gasteiger partial charge in [0.15, 0.2) is 0 Å². The van der Waals surface area contributed by atoms with E-state index in [0.717, 1.165) is 13.0 Å². The van der Waals surface area contributed by atoms with Crippen LogP contribution in [0.3, 0.4) is 0 Å². The number of nitrogens with zero attached hydrogens (tertiary/aromatic N) is 4. The van der Waals surface area contributed by atoms with Crippen molar-refractivity contribution in [2.75, 3.05) is 36.2 Å². The third kappa shape index (κ3) is 4.89. The number of rotatable bonds is 7. The number of aromatic nitrogens is 3. The highest BCUT2D eigenvalue weighted by molar-refractivity contribution is 5.43. The fourth-order valence-electron chi connectivity index (χ4n) is 1.32. The van der Waals surface area contributed by atoms with Crippen molar-refractivity contribution in [1.29, 1.82) is 0 Å². The number of hydrogen-bond acceptors (Lipinski definition) is 6. The van der Waals surface area contributed by atoms with Crippen molar-refractivity contribution in [3.63, 3.8) is 0 Å². The Kier molecular flexibility index (Phi) is 5.79. The lowest BCUT2D eigenvalue weighted by atomic mass is 10.1. The van der Waals surface area contributed by atoms with Crippen LogP contribution in [0.15, 0.2) is 0 Å². The van der Waals surface area contributed by atoms with E-state index in [9.17, 15) is 0 Å². The molecule has 1 aromatic heterocycles. The second-order valence-corrected chi connectivity index (χ2v) is 5.28. The number of anilines is 3. The average Bonchev–Trinajstić information content (AvgIpc) is 2.35. The second-order valence-electron chi connectivity index (χ2n) is 5.28. The minimum absolute atomic E-state index is 0.316. The lowest BCUT2D eigenvalue weighted by molar-refractivity contribution is 0.556. The Hall–Kier alpha value is -1.59. The highest BCUT2D eigenvalue weighted by Gasteiger charge is 2.12. The zero-order valence-electron chi connectivity index (χ0n) is 12.9. The van der Waals surface area contributed by atoms with Crippen LogP contribution < -0.4 is 15.5 Å². The summed E-state index contributed by atoms with van der Waals surface area (Å²) in [5.74, 6) is 2.43. The molecule has 2 N–H and O–H groups in total. The molecule has 1 heterocycles. The molecule has 1 atom stereocenters. The molecular weight excluding hydrogens is 240 g/mol. The van der Waals surface area contributed by atoms with E-state index in [4.69, 9.17) is 0 Å². The molecule has 0 aliphatic carbocycles. The molecule has 1 unspecified atom stereocenters. The maximum Gasteiger partial charge on any atom is 0.231 e. The van der Waals surface area contributed by atoms with E-state index >= 15 is 0 Å². The van der Waals surface area contributed by atoms with Crippen LogP contribution in [0.4, 0.5) is 17.8 Å². The molecular formula is C13H26N6. The zero-order valence-corrected chi connectivity index (χ0v) is 12.9. The molecule has 108 valence electrons. The molecule has 0 aromatic carbocycles. The van der Waals surface area contributed by atoms with Gasteiger partial charge in [0.25, 0.3) is 0 Å². The Morgan fingerprint density at radius 1 is 1.05 bits per heavy atom. The molecule has 0 aliphatic rings. The van der Waals surface area contributed by atoms with Gasteiger partial charge >= 0.3 is 0 Å². The smallest absolute Gasteiger partial charge is 0.231 e. The van der Waals surface area contributed by atoms with E-state index in [1.165, 1.54) is 0 Å². The summed E-state index contributed by atoms with van der Waals surface area (Å²) in [4.78, 5) is 15.1. The van der Waals surface area contributed by atoms with Crippen molar-refractivity contribution >= 4 is 17.8 Å². The second kappa shape index (κ2) is 7.11. The summed E-state index contributed by atoms with van der Waals surface area (Å²) < 4.78 is 0. The SMILES string of the molecule is CCCNc1nc(NC(C)C(C)C)nc(N(C)C)n1. The first-order valence-corrected chi connectivity index (χ1v) is 6.87. The summed E-state index contributed by atoms with van der Waals surface area (Å²) in [6, 6.07) is 0.316. The maximum atomic E-state index is 4.42. The highest BCUT2D eigenvalue weighted by Crippen LogP contribution is 2.14. The Balaban J connectivity index is 2.92. The predicted molar refractivity (Wildman–Crippen MR) is 80.9 cm³/mol. The van der Waals surface area contributed by atoms with Crippen LogP contribution in [-0.4, -0.2) is 41.6 Å². The highest BCUT2D eigenvalue weighted by atomic mass is 15.3. The summed E-state index contributed by atoms with van der Waals surface area (Å²) in [7, 11) is 3.85. The Bertz CT molecular complexity index is 391. The first-order valence-electron chi connectivity index (χ1n) is 6.87. The van der Waals surface area contributed by atoms with Gasteiger partial charge in [-0.25, -0.2) is 0 Å². The van der Waals surface area contributed by atoms with Gasteiger partial charge in [0, 0.05) is 26.7 Å². The van der Waals surface area contributed by atoms with Crippen molar-refractivity contribution in [1.82, 2.24) is 15.0 Å². The van der Waals surface area contributed by atoms with Crippen LogP contribution in [0, 0.1) is 5.92 Å². The molecule has 6 heteroatoms. The average molecular weight is 266 g/mol. The molecule has 19 heavy (non-hydrogen) atoms. The molecule has 0 fully saturated rings. The molecule has 1 aromatic rings. The van der Waals surface area contributed by atoms with Gasteiger partial charge in [0.05, 0.1) is 0 Å². The molecule has 0 bridgehead atoms. The molecule has 0 saturated carbocycles. The van der Waals surface area contributed by atoms with Gasteiger partial charge in [0.2, 0.25) is 17.8 Å². The number of hydrogen-bond donors (Lipinski definition) is 2. The monoisotopic (exact) mass is 266 g/mol. The van der Waals surface area contributed by atoms with Crippen LogP contribution in [0.2, 0.25) is 0 Å². The fourth-order valence-corrected chi connectivity index (χ4v) is 1.32.